The minimum absolute atomic E-state index is 0.0825. The Morgan fingerprint density at radius 2 is 2.27 bits per heavy atom. The number of amides is 1. The molecule has 2 N–H and O–H groups in total. The van der Waals surface area contributed by atoms with Gasteiger partial charge in [-0.05, 0) is 31.5 Å². The van der Waals surface area contributed by atoms with Gasteiger partial charge in [-0.2, -0.15) is 5.26 Å². The normalized spacial score (nSPS) is 11.7. The summed E-state index contributed by atoms with van der Waals surface area (Å²) in [5, 5.41) is 15.1. The largest absolute Gasteiger partial charge is 0.350 e. The molecule has 0 aliphatic rings. The first-order chi connectivity index (χ1) is 10.6. The van der Waals surface area contributed by atoms with Gasteiger partial charge in [0.05, 0.1) is 22.8 Å². The Morgan fingerprint density at radius 3 is 2.95 bits per heavy atom. The monoisotopic (exact) mass is 314 g/mol. The molecular formula is C16H18N4OS. The van der Waals surface area contributed by atoms with Crippen LogP contribution in [-0.2, 0) is 0 Å². The number of nitrogens with zero attached hydrogens (tertiary/aromatic N) is 2. The number of thiazole rings is 1. The third-order valence-corrected chi connectivity index (χ3v) is 4.26. The molecule has 114 valence electrons. The quantitative estimate of drug-likeness (QED) is 0.803. The highest BCUT2D eigenvalue weighted by Crippen LogP contribution is 2.13. The van der Waals surface area contributed by atoms with Crippen molar-refractivity contribution >= 4 is 17.2 Å². The molecule has 1 aromatic carbocycles. The van der Waals surface area contributed by atoms with E-state index >= 15 is 0 Å². The number of rotatable bonds is 6. The van der Waals surface area contributed by atoms with Gasteiger partial charge >= 0.3 is 0 Å². The fourth-order valence-corrected chi connectivity index (χ4v) is 2.78. The smallest absolute Gasteiger partial charge is 0.263 e. The molecule has 2 rings (SSSR count). The van der Waals surface area contributed by atoms with E-state index in [-0.39, 0.29) is 11.9 Å². The molecular weight excluding hydrogens is 296 g/mol. The van der Waals surface area contributed by atoms with E-state index in [1.54, 1.807) is 11.6 Å². The van der Waals surface area contributed by atoms with Crippen molar-refractivity contribution in [3.8, 4) is 6.07 Å². The zero-order chi connectivity index (χ0) is 15.9. The van der Waals surface area contributed by atoms with Crippen molar-refractivity contribution < 1.29 is 4.79 Å². The molecule has 0 radical (unpaired) electrons. The second-order valence-electron chi connectivity index (χ2n) is 4.94. The molecule has 0 saturated carbocycles. The number of benzene rings is 1. The average Bonchev–Trinajstić information content (AvgIpc) is 2.97. The van der Waals surface area contributed by atoms with Gasteiger partial charge in [0.2, 0.25) is 0 Å². The van der Waals surface area contributed by atoms with E-state index in [1.165, 1.54) is 11.3 Å². The predicted octanol–water partition coefficient (Wildman–Crippen LogP) is 2.40. The fourth-order valence-electron chi connectivity index (χ4n) is 2.06. The molecule has 1 heterocycles. The van der Waals surface area contributed by atoms with E-state index in [1.807, 2.05) is 32.0 Å². The molecule has 6 heteroatoms. The SMILES string of the molecule is Cc1ncsc1C(=O)NCCN[C@@H](C)c1cccc(C#N)c1. The highest BCUT2D eigenvalue weighted by Gasteiger charge is 2.11. The summed E-state index contributed by atoms with van der Waals surface area (Å²) >= 11 is 1.35. The second-order valence-corrected chi connectivity index (χ2v) is 5.79. The molecule has 0 aliphatic carbocycles. The summed E-state index contributed by atoms with van der Waals surface area (Å²) in [6.07, 6.45) is 0. The van der Waals surface area contributed by atoms with Crippen LogP contribution in [0.1, 0.15) is 39.5 Å². The average molecular weight is 314 g/mol. The van der Waals surface area contributed by atoms with E-state index in [0.717, 1.165) is 11.3 Å². The zero-order valence-electron chi connectivity index (χ0n) is 12.6. The predicted molar refractivity (Wildman–Crippen MR) is 86.8 cm³/mol. The van der Waals surface area contributed by atoms with Crippen LogP contribution in [0.3, 0.4) is 0 Å². The van der Waals surface area contributed by atoms with Crippen molar-refractivity contribution in [2.75, 3.05) is 13.1 Å². The van der Waals surface area contributed by atoms with Crippen molar-refractivity contribution in [3.63, 3.8) is 0 Å². The third kappa shape index (κ3) is 4.13. The minimum Gasteiger partial charge on any atom is -0.350 e. The van der Waals surface area contributed by atoms with Gasteiger partial charge in [0.25, 0.3) is 5.91 Å². The summed E-state index contributed by atoms with van der Waals surface area (Å²) in [6.45, 7) is 5.06. The molecule has 0 aliphatic heterocycles. The van der Waals surface area contributed by atoms with Crippen LogP contribution < -0.4 is 10.6 Å². The number of hydrogen-bond donors (Lipinski definition) is 2. The van der Waals surface area contributed by atoms with Crippen LogP contribution in [0.15, 0.2) is 29.8 Å². The maximum Gasteiger partial charge on any atom is 0.263 e. The second kappa shape index (κ2) is 7.69. The number of aromatic nitrogens is 1. The van der Waals surface area contributed by atoms with Crippen molar-refractivity contribution in [1.82, 2.24) is 15.6 Å². The molecule has 0 unspecified atom stereocenters. The molecule has 2 aromatic rings. The molecule has 5 nitrogen and oxygen atoms in total. The van der Waals surface area contributed by atoms with E-state index < -0.39 is 0 Å². The molecule has 1 aromatic heterocycles. The van der Waals surface area contributed by atoms with Crippen LogP contribution in [0, 0.1) is 18.3 Å². The van der Waals surface area contributed by atoms with E-state index in [9.17, 15) is 4.79 Å². The molecule has 0 saturated heterocycles. The van der Waals surface area contributed by atoms with E-state index in [4.69, 9.17) is 5.26 Å². The van der Waals surface area contributed by atoms with Gasteiger partial charge in [0.1, 0.15) is 4.88 Å². The number of carbonyl (C=O) groups excluding carboxylic acids is 1. The van der Waals surface area contributed by atoms with Crippen molar-refractivity contribution in [3.05, 3.63) is 51.5 Å². The summed E-state index contributed by atoms with van der Waals surface area (Å²) in [4.78, 5) is 16.6. The first kappa shape index (κ1) is 16.1. The molecule has 0 spiro atoms. The van der Waals surface area contributed by atoms with Crippen LogP contribution in [0.4, 0.5) is 0 Å². The van der Waals surface area contributed by atoms with E-state index in [2.05, 4.69) is 21.7 Å². The van der Waals surface area contributed by atoms with Gasteiger partial charge in [-0.1, -0.05) is 12.1 Å². The Hall–Kier alpha value is -2.23. The Balaban J connectivity index is 1.78. The van der Waals surface area contributed by atoms with Gasteiger partial charge < -0.3 is 10.6 Å². The molecule has 0 fully saturated rings. The Labute approximate surface area is 134 Å². The number of nitrogens with one attached hydrogen (secondary N) is 2. The lowest BCUT2D eigenvalue weighted by Gasteiger charge is -2.14. The lowest BCUT2D eigenvalue weighted by atomic mass is 10.1. The highest BCUT2D eigenvalue weighted by atomic mass is 32.1. The molecule has 1 atom stereocenters. The van der Waals surface area contributed by atoms with Crippen molar-refractivity contribution in [2.45, 2.75) is 19.9 Å². The van der Waals surface area contributed by atoms with Crippen LogP contribution in [-0.4, -0.2) is 24.0 Å². The van der Waals surface area contributed by atoms with Crippen LogP contribution in [0.2, 0.25) is 0 Å². The lowest BCUT2D eigenvalue weighted by Crippen LogP contribution is -2.32. The summed E-state index contributed by atoms with van der Waals surface area (Å²) in [5.74, 6) is -0.0825. The summed E-state index contributed by atoms with van der Waals surface area (Å²) in [7, 11) is 0. The zero-order valence-corrected chi connectivity index (χ0v) is 13.4. The summed E-state index contributed by atoms with van der Waals surface area (Å²) < 4.78 is 0. The van der Waals surface area contributed by atoms with Crippen LogP contribution >= 0.6 is 11.3 Å². The molecule has 1 amide bonds. The summed E-state index contributed by atoms with van der Waals surface area (Å²) in [5.41, 5.74) is 4.15. The molecule has 0 bridgehead atoms. The maximum atomic E-state index is 11.9. The van der Waals surface area contributed by atoms with Gasteiger partial charge in [-0.25, -0.2) is 4.98 Å². The fraction of sp³-hybridized carbons (Fsp3) is 0.312. The standard InChI is InChI=1S/C16H18N4OS/c1-11(14-5-3-4-13(8-14)9-17)18-6-7-19-16(21)15-12(2)20-10-22-15/h3-5,8,10-11,18H,6-7H2,1-2H3,(H,19,21)/t11-/m0/s1. The Morgan fingerprint density at radius 1 is 1.45 bits per heavy atom. The number of aryl methyl sites for hydroxylation is 1. The van der Waals surface area contributed by atoms with E-state index in [0.29, 0.717) is 23.5 Å². The van der Waals surface area contributed by atoms with Gasteiger partial charge in [-0.15, -0.1) is 11.3 Å². The highest BCUT2D eigenvalue weighted by molar-refractivity contribution is 7.11. The molecule has 22 heavy (non-hydrogen) atoms. The van der Waals surface area contributed by atoms with Crippen molar-refractivity contribution in [1.29, 1.82) is 5.26 Å². The first-order valence-corrected chi connectivity index (χ1v) is 7.91. The lowest BCUT2D eigenvalue weighted by molar-refractivity contribution is 0.0957. The summed E-state index contributed by atoms with van der Waals surface area (Å²) in [6, 6.07) is 9.77. The van der Waals surface area contributed by atoms with Gasteiger partial charge in [-0.3, -0.25) is 4.79 Å². The Kier molecular flexibility index (Phi) is 5.64. The minimum atomic E-state index is -0.0825. The van der Waals surface area contributed by atoms with Gasteiger partial charge in [0, 0.05) is 19.1 Å². The Bertz CT molecular complexity index is 689. The maximum absolute atomic E-state index is 11.9. The van der Waals surface area contributed by atoms with Crippen LogP contribution in [0.25, 0.3) is 0 Å². The topological polar surface area (TPSA) is 77.8 Å². The number of nitriles is 1. The van der Waals surface area contributed by atoms with Crippen molar-refractivity contribution in [2.24, 2.45) is 0 Å². The number of carbonyl (C=O) groups is 1. The van der Waals surface area contributed by atoms with Gasteiger partial charge in [0.15, 0.2) is 0 Å². The third-order valence-electron chi connectivity index (χ3n) is 3.33. The van der Waals surface area contributed by atoms with Crippen LogP contribution in [0.5, 0.6) is 0 Å². The first-order valence-electron chi connectivity index (χ1n) is 7.03. The number of hydrogen-bond acceptors (Lipinski definition) is 5.